The third kappa shape index (κ3) is 4.30. The molecule has 5 rings (SSSR count). The Labute approximate surface area is 186 Å². The molecule has 0 unspecified atom stereocenters. The van der Waals surface area contributed by atoms with Crippen LogP contribution in [-0.4, -0.2) is 59.9 Å². The summed E-state index contributed by atoms with van der Waals surface area (Å²) in [5.74, 6) is 2.52. The molecule has 1 atom stereocenters. The Morgan fingerprint density at radius 1 is 1.09 bits per heavy atom. The van der Waals surface area contributed by atoms with Crippen molar-refractivity contribution in [3.05, 3.63) is 54.0 Å². The number of fused-ring (bicyclic) bond motifs is 1. The average molecular weight is 435 g/mol. The number of hydrogen-bond acceptors (Lipinski definition) is 9. The van der Waals surface area contributed by atoms with E-state index in [0.29, 0.717) is 32.9 Å². The van der Waals surface area contributed by atoms with E-state index in [1.807, 2.05) is 30.3 Å². The third-order valence-electron chi connectivity index (χ3n) is 5.56. The van der Waals surface area contributed by atoms with E-state index in [0.717, 1.165) is 46.3 Å². The molecular weight excluding hydrogens is 410 g/mol. The molecule has 1 saturated heterocycles. The number of nitrogens with zero attached hydrogens (tertiary/aromatic N) is 4. The highest BCUT2D eigenvalue weighted by Gasteiger charge is 2.25. The second-order valence-electron chi connectivity index (χ2n) is 7.68. The van der Waals surface area contributed by atoms with Crippen LogP contribution in [0.3, 0.4) is 0 Å². The number of ether oxygens (including phenoxy) is 4. The predicted octanol–water partition coefficient (Wildman–Crippen LogP) is 2.47. The van der Waals surface area contributed by atoms with Crippen molar-refractivity contribution in [3.63, 3.8) is 0 Å². The zero-order valence-corrected chi connectivity index (χ0v) is 17.9. The molecule has 9 heteroatoms. The molecule has 2 aliphatic heterocycles. The van der Waals surface area contributed by atoms with Crippen LogP contribution in [0.15, 0.2) is 42.7 Å². The zero-order chi connectivity index (χ0) is 21.9. The van der Waals surface area contributed by atoms with E-state index < -0.39 is 0 Å². The second-order valence-corrected chi connectivity index (χ2v) is 7.68. The van der Waals surface area contributed by atoms with Gasteiger partial charge in [0.2, 0.25) is 5.95 Å². The molecular formula is C23H25N5O4. The summed E-state index contributed by atoms with van der Waals surface area (Å²) in [4.78, 5) is 15.3. The number of nitrogens with two attached hydrogens (primary N) is 1. The van der Waals surface area contributed by atoms with E-state index in [1.165, 1.54) is 0 Å². The SMILES string of the molecule is COc1cc2c(cc1CN1CCO[C@@H](c3cccc(-c4cnc(N)nc4)n3)C1)OCCO2. The molecule has 0 radical (unpaired) electrons. The van der Waals surface area contributed by atoms with Crippen molar-refractivity contribution in [2.75, 3.05) is 45.8 Å². The van der Waals surface area contributed by atoms with Gasteiger partial charge in [-0.1, -0.05) is 6.07 Å². The van der Waals surface area contributed by atoms with Gasteiger partial charge in [0.05, 0.1) is 25.1 Å². The van der Waals surface area contributed by atoms with Gasteiger partial charge in [-0.3, -0.25) is 4.90 Å². The van der Waals surface area contributed by atoms with Gasteiger partial charge in [0.25, 0.3) is 0 Å². The first-order valence-corrected chi connectivity index (χ1v) is 10.5. The lowest BCUT2D eigenvalue weighted by Gasteiger charge is -2.33. The lowest BCUT2D eigenvalue weighted by molar-refractivity contribution is -0.0351. The van der Waals surface area contributed by atoms with E-state index >= 15 is 0 Å². The van der Waals surface area contributed by atoms with Crippen LogP contribution >= 0.6 is 0 Å². The number of anilines is 1. The maximum Gasteiger partial charge on any atom is 0.219 e. The highest BCUT2D eigenvalue weighted by Crippen LogP contribution is 2.37. The monoisotopic (exact) mass is 435 g/mol. The van der Waals surface area contributed by atoms with E-state index in [9.17, 15) is 0 Å². The van der Waals surface area contributed by atoms with Gasteiger partial charge < -0.3 is 24.7 Å². The van der Waals surface area contributed by atoms with E-state index in [1.54, 1.807) is 19.5 Å². The Balaban J connectivity index is 1.33. The number of morpholine rings is 1. The molecule has 0 saturated carbocycles. The molecule has 0 amide bonds. The molecule has 1 fully saturated rings. The van der Waals surface area contributed by atoms with Gasteiger partial charge in [-0.25, -0.2) is 15.0 Å². The van der Waals surface area contributed by atoms with Crippen molar-refractivity contribution in [1.29, 1.82) is 0 Å². The van der Waals surface area contributed by atoms with E-state index in [4.69, 9.17) is 29.7 Å². The van der Waals surface area contributed by atoms with Crippen molar-refractivity contribution < 1.29 is 18.9 Å². The summed E-state index contributed by atoms with van der Waals surface area (Å²) >= 11 is 0. The molecule has 0 spiro atoms. The van der Waals surface area contributed by atoms with Crippen molar-refractivity contribution in [2.24, 2.45) is 0 Å². The van der Waals surface area contributed by atoms with Crippen LogP contribution in [0.1, 0.15) is 17.4 Å². The Morgan fingerprint density at radius 3 is 2.66 bits per heavy atom. The minimum absolute atomic E-state index is 0.137. The molecule has 2 N–H and O–H groups in total. The molecule has 0 bridgehead atoms. The average Bonchev–Trinajstić information content (AvgIpc) is 2.84. The standard InChI is InChI=1S/C23H25N5O4/c1-29-19-10-21-20(31-7-8-32-21)9-15(19)13-28-5-6-30-22(14-28)18-4-2-3-17(27-18)16-11-25-23(24)26-12-16/h2-4,9-12,22H,5-8,13-14H2,1H3,(H2,24,25,26)/t22-/m1/s1. The number of aromatic nitrogens is 3. The number of rotatable bonds is 5. The molecule has 4 heterocycles. The number of benzene rings is 1. The summed E-state index contributed by atoms with van der Waals surface area (Å²) in [5.41, 5.74) is 9.13. The second kappa shape index (κ2) is 8.97. The maximum atomic E-state index is 6.06. The number of pyridine rings is 1. The molecule has 2 aromatic heterocycles. The summed E-state index contributed by atoms with van der Waals surface area (Å²) < 4.78 is 23.1. The molecule has 2 aliphatic rings. The molecule has 1 aromatic carbocycles. The normalized spacial score (nSPS) is 18.3. The summed E-state index contributed by atoms with van der Waals surface area (Å²) in [5, 5.41) is 0. The van der Waals surface area contributed by atoms with Crippen LogP contribution in [0.25, 0.3) is 11.3 Å². The number of hydrogen-bond donors (Lipinski definition) is 1. The highest BCUT2D eigenvalue weighted by molar-refractivity contribution is 5.57. The first kappa shape index (κ1) is 20.5. The lowest BCUT2D eigenvalue weighted by Crippen LogP contribution is -2.38. The summed E-state index contributed by atoms with van der Waals surface area (Å²) in [6.45, 7) is 3.97. The molecule has 9 nitrogen and oxygen atoms in total. The van der Waals surface area contributed by atoms with Crippen molar-refractivity contribution in [1.82, 2.24) is 19.9 Å². The third-order valence-corrected chi connectivity index (χ3v) is 5.56. The Morgan fingerprint density at radius 2 is 1.88 bits per heavy atom. The lowest BCUT2D eigenvalue weighted by atomic mass is 10.1. The van der Waals surface area contributed by atoms with Crippen molar-refractivity contribution in [2.45, 2.75) is 12.6 Å². The van der Waals surface area contributed by atoms with Gasteiger partial charge in [0.1, 0.15) is 25.1 Å². The quantitative estimate of drug-likeness (QED) is 0.647. The van der Waals surface area contributed by atoms with Crippen LogP contribution in [0.5, 0.6) is 17.2 Å². The van der Waals surface area contributed by atoms with Crippen LogP contribution < -0.4 is 19.9 Å². The van der Waals surface area contributed by atoms with Crippen LogP contribution in [0.2, 0.25) is 0 Å². The summed E-state index contributed by atoms with van der Waals surface area (Å²) in [6.07, 6.45) is 3.22. The van der Waals surface area contributed by atoms with Crippen LogP contribution in [0, 0.1) is 0 Å². The van der Waals surface area contributed by atoms with Gasteiger partial charge in [-0.2, -0.15) is 0 Å². The minimum atomic E-state index is -0.137. The van der Waals surface area contributed by atoms with E-state index in [-0.39, 0.29) is 12.1 Å². The predicted molar refractivity (Wildman–Crippen MR) is 118 cm³/mol. The van der Waals surface area contributed by atoms with Gasteiger partial charge in [0, 0.05) is 49.2 Å². The van der Waals surface area contributed by atoms with Gasteiger partial charge >= 0.3 is 0 Å². The van der Waals surface area contributed by atoms with E-state index in [2.05, 4.69) is 14.9 Å². The fourth-order valence-corrected chi connectivity index (χ4v) is 3.95. The Bertz CT molecular complexity index is 1090. The minimum Gasteiger partial charge on any atom is -0.496 e. The Hall–Kier alpha value is -3.43. The van der Waals surface area contributed by atoms with Gasteiger partial charge in [-0.15, -0.1) is 0 Å². The number of nitrogen functional groups attached to an aromatic ring is 1. The molecule has 3 aromatic rings. The zero-order valence-electron chi connectivity index (χ0n) is 17.9. The van der Waals surface area contributed by atoms with Crippen LogP contribution in [-0.2, 0) is 11.3 Å². The smallest absolute Gasteiger partial charge is 0.219 e. The molecule has 166 valence electrons. The largest absolute Gasteiger partial charge is 0.496 e. The summed E-state index contributed by atoms with van der Waals surface area (Å²) in [6, 6.07) is 9.80. The first-order chi connectivity index (χ1) is 15.7. The van der Waals surface area contributed by atoms with Crippen LogP contribution in [0.4, 0.5) is 5.95 Å². The fourth-order valence-electron chi connectivity index (χ4n) is 3.95. The topological polar surface area (TPSA) is 105 Å². The number of methoxy groups -OCH3 is 1. The van der Waals surface area contributed by atoms with Crippen molar-refractivity contribution >= 4 is 5.95 Å². The van der Waals surface area contributed by atoms with Crippen molar-refractivity contribution in [3.8, 4) is 28.5 Å². The Kier molecular flexibility index (Phi) is 5.74. The van der Waals surface area contributed by atoms with Gasteiger partial charge in [0.15, 0.2) is 11.5 Å². The molecule has 0 aliphatic carbocycles. The summed E-state index contributed by atoms with van der Waals surface area (Å²) in [7, 11) is 1.67. The fraction of sp³-hybridized carbons (Fsp3) is 0.348. The molecule has 32 heavy (non-hydrogen) atoms. The maximum absolute atomic E-state index is 6.06. The first-order valence-electron chi connectivity index (χ1n) is 10.5. The van der Waals surface area contributed by atoms with Gasteiger partial charge in [-0.05, 0) is 18.2 Å². The highest BCUT2D eigenvalue weighted by atomic mass is 16.6.